The summed E-state index contributed by atoms with van der Waals surface area (Å²) in [6.07, 6.45) is -4.02. The summed E-state index contributed by atoms with van der Waals surface area (Å²) in [6, 6.07) is 3.60. The molecule has 2 aromatic heterocycles. The molecule has 0 unspecified atom stereocenters. The number of nitrogens with zero attached hydrogens (tertiary/aromatic N) is 3. The Morgan fingerprint density at radius 2 is 2.13 bits per heavy atom. The van der Waals surface area contributed by atoms with Gasteiger partial charge in [0.2, 0.25) is 5.88 Å². The molecule has 0 radical (unpaired) electrons. The van der Waals surface area contributed by atoms with Crippen molar-refractivity contribution in [1.29, 1.82) is 0 Å². The van der Waals surface area contributed by atoms with Gasteiger partial charge in [-0.2, -0.15) is 13.2 Å². The summed E-state index contributed by atoms with van der Waals surface area (Å²) < 4.78 is 47.5. The van der Waals surface area contributed by atoms with Gasteiger partial charge >= 0.3 is 6.18 Å². The molecule has 2 aromatic rings. The van der Waals surface area contributed by atoms with Crippen LogP contribution in [0.5, 0.6) is 5.88 Å². The first-order valence-electron chi connectivity index (χ1n) is 6.75. The third-order valence-corrected chi connectivity index (χ3v) is 3.33. The number of alkyl halides is 3. The number of likely N-dealkylation sites (tertiary alicyclic amines) is 1. The van der Waals surface area contributed by atoms with E-state index in [0.29, 0.717) is 18.8 Å². The van der Waals surface area contributed by atoms with Gasteiger partial charge in [-0.25, -0.2) is 4.98 Å². The Hall–Kier alpha value is -2.58. The fraction of sp³-hybridized carbons (Fsp3) is 0.357. The minimum atomic E-state index is -4.43. The van der Waals surface area contributed by atoms with E-state index in [1.807, 2.05) is 0 Å². The molecule has 0 atom stereocenters. The zero-order chi connectivity index (χ0) is 16.6. The third-order valence-electron chi connectivity index (χ3n) is 3.33. The number of halogens is 3. The highest BCUT2D eigenvalue weighted by molar-refractivity contribution is 5.92. The average Bonchev–Trinajstić information content (AvgIpc) is 2.88. The number of carbonyl (C=O) groups is 1. The highest BCUT2D eigenvalue weighted by atomic mass is 19.4. The molecule has 1 amide bonds. The Morgan fingerprint density at radius 1 is 1.39 bits per heavy atom. The van der Waals surface area contributed by atoms with Crippen LogP contribution >= 0.6 is 0 Å². The van der Waals surface area contributed by atoms with Gasteiger partial charge in [0.25, 0.3) is 5.91 Å². The standard InChI is InChI=1S/C14H12F3N3O3/c1-8-4-11(19-23-8)13(21)20-6-10(7-20)22-12-3-2-9(5-18-12)14(15,16)17/h2-5,10H,6-7H2,1H3. The molecule has 0 saturated carbocycles. The summed E-state index contributed by atoms with van der Waals surface area (Å²) in [6.45, 7) is 2.31. The average molecular weight is 327 g/mol. The number of carbonyl (C=O) groups excluding carboxylic acids is 1. The van der Waals surface area contributed by atoms with E-state index in [0.717, 1.165) is 18.3 Å². The van der Waals surface area contributed by atoms with E-state index in [-0.39, 0.29) is 23.6 Å². The Bertz CT molecular complexity index is 706. The van der Waals surface area contributed by atoms with Crippen molar-refractivity contribution in [3.05, 3.63) is 41.4 Å². The van der Waals surface area contributed by atoms with E-state index in [2.05, 4.69) is 10.1 Å². The molecule has 0 aromatic carbocycles. The first-order valence-corrected chi connectivity index (χ1v) is 6.75. The van der Waals surface area contributed by atoms with Crippen molar-refractivity contribution in [1.82, 2.24) is 15.0 Å². The number of hydrogen-bond acceptors (Lipinski definition) is 5. The molecule has 0 N–H and O–H groups in total. The molecule has 0 aliphatic carbocycles. The molecule has 3 heterocycles. The normalized spacial score (nSPS) is 15.4. The minimum Gasteiger partial charge on any atom is -0.471 e. The fourth-order valence-electron chi connectivity index (χ4n) is 2.10. The SMILES string of the molecule is Cc1cc(C(=O)N2CC(Oc3ccc(C(F)(F)F)cn3)C2)no1. The molecule has 6 nitrogen and oxygen atoms in total. The number of pyridine rings is 1. The summed E-state index contributed by atoms with van der Waals surface area (Å²) in [4.78, 5) is 17.1. The van der Waals surface area contributed by atoms with Crippen LogP contribution in [0.15, 0.2) is 28.9 Å². The van der Waals surface area contributed by atoms with E-state index in [1.165, 1.54) is 11.0 Å². The van der Waals surface area contributed by atoms with Gasteiger partial charge < -0.3 is 14.2 Å². The maximum atomic E-state index is 12.4. The molecule has 1 fully saturated rings. The monoisotopic (exact) mass is 327 g/mol. The van der Waals surface area contributed by atoms with Crippen molar-refractivity contribution in [2.24, 2.45) is 0 Å². The lowest BCUT2D eigenvalue weighted by molar-refractivity contribution is -0.137. The number of amides is 1. The van der Waals surface area contributed by atoms with Crippen LogP contribution < -0.4 is 4.74 Å². The van der Waals surface area contributed by atoms with E-state index in [1.54, 1.807) is 6.92 Å². The lowest BCUT2D eigenvalue weighted by Gasteiger charge is -2.38. The number of ether oxygens (including phenoxy) is 1. The van der Waals surface area contributed by atoms with Crippen LogP contribution in [0.2, 0.25) is 0 Å². The minimum absolute atomic E-state index is 0.0902. The number of hydrogen-bond donors (Lipinski definition) is 0. The first kappa shape index (κ1) is 15.3. The van der Waals surface area contributed by atoms with E-state index < -0.39 is 11.7 Å². The van der Waals surface area contributed by atoms with Crippen molar-refractivity contribution < 1.29 is 27.2 Å². The predicted octanol–water partition coefficient (Wildman–Crippen LogP) is 2.30. The van der Waals surface area contributed by atoms with Crippen LogP contribution in [-0.4, -0.2) is 40.1 Å². The van der Waals surface area contributed by atoms with Crippen molar-refractivity contribution in [2.75, 3.05) is 13.1 Å². The van der Waals surface area contributed by atoms with E-state index >= 15 is 0 Å². The largest absolute Gasteiger partial charge is 0.471 e. The van der Waals surface area contributed by atoms with E-state index in [4.69, 9.17) is 9.26 Å². The maximum absolute atomic E-state index is 12.4. The number of aromatic nitrogens is 2. The quantitative estimate of drug-likeness (QED) is 0.865. The summed E-state index contributed by atoms with van der Waals surface area (Å²) in [5.74, 6) is 0.352. The molecule has 1 aliphatic rings. The molecule has 122 valence electrons. The summed E-state index contributed by atoms with van der Waals surface area (Å²) in [7, 11) is 0. The van der Waals surface area contributed by atoms with Crippen LogP contribution in [0.4, 0.5) is 13.2 Å². The number of rotatable bonds is 3. The Balaban J connectivity index is 1.53. The Kier molecular flexibility index (Phi) is 3.70. The Morgan fingerprint density at radius 3 is 2.65 bits per heavy atom. The Labute approximate surface area is 128 Å². The molecule has 0 spiro atoms. The second kappa shape index (κ2) is 5.56. The molecular formula is C14H12F3N3O3. The van der Waals surface area contributed by atoms with Gasteiger partial charge in [-0.15, -0.1) is 0 Å². The summed E-state index contributed by atoms with van der Waals surface area (Å²) >= 11 is 0. The van der Waals surface area contributed by atoms with Gasteiger partial charge in [0.15, 0.2) is 5.69 Å². The zero-order valence-corrected chi connectivity index (χ0v) is 12.0. The van der Waals surface area contributed by atoms with Crippen LogP contribution in [0, 0.1) is 6.92 Å². The summed E-state index contributed by atoms with van der Waals surface area (Å²) in [5.41, 5.74) is -0.620. The van der Waals surface area contributed by atoms with Crippen LogP contribution in [0.1, 0.15) is 21.8 Å². The lowest BCUT2D eigenvalue weighted by atomic mass is 10.1. The first-order chi connectivity index (χ1) is 10.8. The molecular weight excluding hydrogens is 315 g/mol. The fourth-order valence-corrected chi connectivity index (χ4v) is 2.10. The van der Waals surface area contributed by atoms with Crippen molar-refractivity contribution in [2.45, 2.75) is 19.2 Å². The van der Waals surface area contributed by atoms with Crippen LogP contribution in [0.25, 0.3) is 0 Å². The van der Waals surface area contributed by atoms with Crippen molar-refractivity contribution in [3.63, 3.8) is 0 Å². The molecule has 0 bridgehead atoms. The van der Waals surface area contributed by atoms with Gasteiger partial charge in [0.1, 0.15) is 11.9 Å². The predicted molar refractivity (Wildman–Crippen MR) is 70.8 cm³/mol. The van der Waals surface area contributed by atoms with Gasteiger partial charge in [0.05, 0.1) is 18.7 Å². The van der Waals surface area contributed by atoms with Gasteiger partial charge in [-0.05, 0) is 13.0 Å². The smallest absolute Gasteiger partial charge is 0.417 e. The zero-order valence-electron chi connectivity index (χ0n) is 12.0. The van der Waals surface area contributed by atoms with Crippen LogP contribution in [0.3, 0.4) is 0 Å². The molecule has 9 heteroatoms. The molecule has 1 aliphatic heterocycles. The molecule has 23 heavy (non-hydrogen) atoms. The lowest BCUT2D eigenvalue weighted by Crippen LogP contribution is -2.56. The topological polar surface area (TPSA) is 68.5 Å². The highest BCUT2D eigenvalue weighted by Gasteiger charge is 2.35. The third kappa shape index (κ3) is 3.27. The van der Waals surface area contributed by atoms with Crippen LogP contribution in [-0.2, 0) is 6.18 Å². The van der Waals surface area contributed by atoms with E-state index in [9.17, 15) is 18.0 Å². The maximum Gasteiger partial charge on any atom is 0.417 e. The van der Waals surface area contributed by atoms with Gasteiger partial charge in [-0.3, -0.25) is 4.79 Å². The van der Waals surface area contributed by atoms with Gasteiger partial charge in [-0.1, -0.05) is 5.16 Å². The summed E-state index contributed by atoms with van der Waals surface area (Å²) in [5, 5.41) is 3.63. The van der Waals surface area contributed by atoms with Gasteiger partial charge in [0, 0.05) is 18.3 Å². The highest BCUT2D eigenvalue weighted by Crippen LogP contribution is 2.29. The molecule has 3 rings (SSSR count). The second-order valence-corrected chi connectivity index (χ2v) is 5.16. The second-order valence-electron chi connectivity index (χ2n) is 5.16. The van der Waals surface area contributed by atoms with Crippen molar-refractivity contribution >= 4 is 5.91 Å². The number of aryl methyl sites for hydroxylation is 1. The van der Waals surface area contributed by atoms with Crippen molar-refractivity contribution in [3.8, 4) is 5.88 Å². The molecule has 1 saturated heterocycles.